The lowest BCUT2D eigenvalue weighted by atomic mass is 9.81. The molecule has 0 saturated carbocycles. The van der Waals surface area contributed by atoms with E-state index >= 15 is 0 Å². The third kappa shape index (κ3) is 3.43. The molecular formula is C17H23NO3. The number of carbonyl (C=O) groups excluding carboxylic acids is 1. The summed E-state index contributed by atoms with van der Waals surface area (Å²) in [6.45, 7) is 6.87. The van der Waals surface area contributed by atoms with Crippen molar-refractivity contribution in [1.82, 2.24) is 4.90 Å². The van der Waals surface area contributed by atoms with Crippen LogP contribution in [-0.4, -0.2) is 35.0 Å². The Morgan fingerprint density at radius 2 is 1.86 bits per heavy atom. The normalized spacial score (nSPS) is 22.3. The molecule has 1 aliphatic rings. The first-order valence-electron chi connectivity index (χ1n) is 7.37. The van der Waals surface area contributed by atoms with Crippen LogP contribution in [0.3, 0.4) is 0 Å². The maximum absolute atomic E-state index is 12.5. The monoisotopic (exact) mass is 289 g/mol. The maximum atomic E-state index is 12.5. The molecule has 4 heteroatoms. The van der Waals surface area contributed by atoms with E-state index in [1.54, 1.807) is 4.90 Å². The van der Waals surface area contributed by atoms with Crippen molar-refractivity contribution in [3.63, 3.8) is 0 Å². The van der Waals surface area contributed by atoms with Crippen LogP contribution >= 0.6 is 0 Å². The Hall–Kier alpha value is -1.84. The molecule has 0 aromatic heterocycles. The largest absolute Gasteiger partial charge is 0.481 e. The Morgan fingerprint density at radius 3 is 2.38 bits per heavy atom. The number of carboxylic acids is 1. The molecule has 0 spiro atoms. The van der Waals surface area contributed by atoms with Gasteiger partial charge in [0.25, 0.3) is 0 Å². The second kappa shape index (κ2) is 5.88. The van der Waals surface area contributed by atoms with Gasteiger partial charge in [-0.25, -0.2) is 0 Å². The second-order valence-electron chi connectivity index (χ2n) is 6.65. The Morgan fingerprint density at radius 1 is 1.24 bits per heavy atom. The highest BCUT2D eigenvalue weighted by atomic mass is 16.4. The molecule has 21 heavy (non-hydrogen) atoms. The number of nitrogens with zero attached hydrogens (tertiary/aromatic N) is 1. The number of amides is 1. The molecule has 1 fully saturated rings. The highest BCUT2D eigenvalue weighted by Crippen LogP contribution is 2.30. The molecule has 0 unspecified atom stereocenters. The van der Waals surface area contributed by atoms with Gasteiger partial charge in [0.05, 0.1) is 5.92 Å². The topological polar surface area (TPSA) is 57.6 Å². The summed E-state index contributed by atoms with van der Waals surface area (Å²) in [6, 6.07) is 9.96. The smallest absolute Gasteiger partial charge is 0.308 e. The van der Waals surface area contributed by atoms with Gasteiger partial charge in [0.2, 0.25) is 5.91 Å². The molecular weight excluding hydrogens is 266 g/mol. The van der Waals surface area contributed by atoms with Crippen molar-refractivity contribution in [2.75, 3.05) is 13.1 Å². The third-order valence-electron chi connectivity index (χ3n) is 4.43. The van der Waals surface area contributed by atoms with Gasteiger partial charge in [0, 0.05) is 19.5 Å². The van der Waals surface area contributed by atoms with Gasteiger partial charge in [0.15, 0.2) is 0 Å². The van der Waals surface area contributed by atoms with E-state index in [0.717, 1.165) is 5.56 Å². The molecule has 1 saturated heterocycles. The molecule has 1 aromatic carbocycles. The average Bonchev–Trinajstić information content (AvgIpc) is 2.82. The molecule has 1 aliphatic heterocycles. The molecule has 1 amide bonds. The summed E-state index contributed by atoms with van der Waals surface area (Å²) in [4.78, 5) is 25.3. The number of rotatable bonds is 4. The second-order valence-corrected chi connectivity index (χ2v) is 6.65. The summed E-state index contributed by atoms with van der Waals surface area (Å²) >= 11 is 0. The Balaban J connectivity index is 2.04. The van der Waals surface area contributed by atoms with Gasteiger partial charge < -0.3 is 10.0 Å². The van der Waals surface area contributed by atoms with E-state index in [1.165, 1.54) is 0 Å². The van der Waals surface area contributed by atoms with Crippen LogP contribution in [-0.2, 0) is 15.0 Å². The van der Waals surface area contributed by atoms with Crippen molar-refractivity contribution in [1.29, 1.82) is 0 Å². The molecule has 0 radical (unpaired) electrons. The van der Waals surface area contributed by atoms with Gasteiger partial charge in [-0.2, -0.15) is 0 Å². The van der Waals surface area contributed by atoms with Crippen LogP contribution in [0.4, 0.5) is 0 Å². The Kier molecular flexibility index (Phi) is 4.35. The number of hydrogen-bond acceptors (Lipinski definition) is 2. The van der Waals surface area contributed by atoms with Crippen LogP contribution < -0.4 is 0 Å². The summed E-state index contributed by atoms with van der Waals surface area (Å²) < 4.78 is 0. The number of aliphatic carboxylic acids is 1. The molecule has 1 aromatic rings. The van der Waals surface area contributed by atoms with Crippen LogP contribution in [0.5, 0.6) is 0 Å². The Bertz CT molecular complexity index is 524. The molecule has 1 N–H and O–H groups in total. The fourth-order valence-electron chi connectivity index (χ4n) is 2.97. The highest BCUT2D eigenvalue weighted by Gasteiger charge is 2.38. The Labute approximate surface area is 125 Å². The maximum Gasteiger partial charge on any atom is 0.308 e. The van der Waals surface area contributed by atoms with Crippen molar-refractivity contribution in [2.24, 2.45) is 11.8 Å². The molecule has 0 aliphatic carbocycles. The zero-order valence-electron chi connectivity index (χ0n) is 12.9. The van der Waals surface area contributed by atoms with Gasteiger partial charge in [-0.15, -0.1) is 0 Å². The lowest BCUT2D eigenvalue weighted by Crippen LogP contribution is -2.34. The van der Waals surface area contributed by atoms with Gasteiger partial charge in [0.1, 0.15) is 0 Å². The summed E-state index contributed by atoms with van der Waals surface area (Å²) in [5, 5.41) is 9.16. The molecule has 2 atom stereocenters. The minimum absolute atomic E-state index is 0.0197. The number of carboxylic acid groups (broad SMARTS) is 1. The average molecular weight is 289 g/mol. The fourth-order valence-corrected chi connectivity index (χ4v) is 2.97. The molecule has 4 nitrogen and oxygen atoms in total. The molecule has 1 heterocycles. The van der Waals surface area contributed by atoms with Crippen LogP contribution in [0.1, 0.15) is 32.8 Å². The lowest BCUT2D eigenvalue weighted by molar-refractivity contribution is -0.142. The van der Waals surface area contributed by atoms with Crippen molar-refractivity contribution in [3.8, 4) is 0 Å². The number of hydrogen-bond donors (Lipinski definition) is 1. The summed E-state index contributed by atoms with van der Waals surface area (Å²) in [5.41, 5.74) is 0.878. The van der Waals surface area contributed by atoms with E-state index in [0.29, 0.717) is 19.5 Å². The first-order chi connectivity index (χ1) is 9.81. The third-order valence-corrected chi connectivity index (χ3v) is 4.43. The first kappa shape index (κ1) is 15.5. The van der Waals surface area contributed by atoms with E-state index in [9.17, 15) is 9.59 Å². The van der Waals surface area contributed by atoms with Gasteiger partial charge in [-0.1, -0.05) is 51.1 Å². The predicted octanol–water partition coefficient (Wildman–Crippen LogP) is 2.53. The standard InChI is InChI=1S/C17H23NO3/c1-12-10-18(11-14(12)16(20)21)15(19)9-17(2,3)13-7-5-4-6-8-13/h4-8,12,14H,9-11H2,1-3H3,(H,20,21)/t12-,14-/m1/s1. The SMILES string of the molecule is C[C@@H]1CN(C(=O)CC(C)(C)c2ccccc2)C[C@H]1C(=O)O. The van der Waals surface area contributed by atoms with Crippen LogP contribution in [0, 0.1) is 11.8 Å². The molecule has 0 bridgehead atoms. The van der Waals surface area contributed by atoms with E-state index in [4.69, 9.17) is 5.11 Å². The van der Waals surface area contributed by atoms with E-state index in [-0.39, 0.29) is 17.2 Å². The number of carbonyl (C=O) groups is 2. The zero-order valence-corrected chi connectivity index (χ0v) is 12.9. The van der Waals surface area contributed by atoms with E-state index in [2.05, 4.69) is 13.8 Å². The van der Waals surface area contributed by atoms with Crippen LogP contribution in [0.25, 0.3) is 0 Å². The van der Waals surface area contributed by atoms with Crippen molar-refractivity contribution in [2.45, 2.75) is 32.6 Å². The van der Waals surface area contributed by atoms with Crippen molar-refractivity contribution >= 4 is 11.9 Å². The van der Waals surface area contributed by atoms with Crippen molar-refractivity contribution in [3.05, 3.63) is 35.9 Å². The minimum atomic E-state index is -0.805. The zero-order chi connectivity index (χ0) is 15.6. The predicted molar refractivity (Wildman–Crippen MR) is 81.0 cm³/mol. The summed E-state index contributed by atoms with van der Waals surface area (Å²) in [5.74, 6) is -1.18. The first-order valence-corrected chi connectivity index (χ1v) is 7.37. The number of likely N-dealkylation sites (tertiary alicyclic amines) is 1. The molecule has 2 rings (SSSR count). The number of benzene rings is 1. The van der Waals surface area contributed by atoms with Crippen molar-refractivity contribution < 1.29 is 14.7 Å². The van der Waals surface area contributed by atoms with Gasteiger partial charge in [-0.05, 0) is 16.9 Å². The molecule has 114 valence electrons. The van der Waals surface area contributed by atoms with Crippen LogP contribution in [0.15, 0.2) is 30.3 Å². The van der Waals surface area contributed by atoms with Gasteiger partial charge in [-0.3, -0.25) is 9.59 Å². The summed E-state index contributed by atoms with van der Waals surface area (Å²) in [6.07, 6.45) is 0.399. The minimum Gasteiger partial charge on any atom is -0.481 e. The highest BCUT2D eigenvalue weighted by molar-refractivity contribution is 5.80. The van der Waals surface area contributed by atoms with Crippen LogP contribution in [0.2, 0.25) is 0 Å². The van der Waals surface area contributed by atoms with E-state index < -0.39 is 11.9 Å². The summed E-state index contributed by atoms with van der Waals surface area (Å²) in [7, 11) is 0. The van der Waals surface area contributed by atoms with E-state index in [1.807, 2.05) is 37.3 Å². The fraction of sp³-hybridized carbons (Fsp3) is 0.529. The lowest BCUT2D eigenvalue weighted by Gasteiger charge is -2.27. The van der Waals surface area contributed by atoms with Gasteiger partial charge >= 0.3 is 5.97 Å². The quantitative estimate of drug-likeness (QED) is 0.926.